The number of aliphatic carboxylic acids is 2. The van der Waals surface area contributed by atoms with Crippen LogP contribution in [0.4, 0.5) is 0 Å². The van der Waals surface area contributed by atoms with Gasteiger partial charge in [-0.05, 0) is 51.4 Å². The summed E-state index contributed by atoms with van der Waals surface area (Å²) < 4.78 is 0. The van der Waals surface area contributed by atoms with Crippen LogP contribution in [-0.2, 0) is 9.59 Å². The number of rotatable bonds is 23. The van der Waals surface area contributed by atoms with E-state index in [-0.39, 0.29) is 0 Å². The SMILES string of the molecule is CCCCCC=CCC=CCC=CCCCCC(=O)O.CCCCCCCCCCCC(=O)O. The van der Waals surface area contributed by atoms with Crippen LogP contribution in [0.5, 0.6) is 0 Å². The van der Waals surface area contributed by atoms with E-state index in [4.69, 9.17) is 10.2 Å². The fourth-order valence-corrected chi connectivity index (χ4v) is 3.42. The number of allylic oxidation sites excluding steroid dienone is 6. The maximum absolute atomic E-state index is 10.3. The lowest BCUT2D eigenvalue weighted by atomic mass is 10.1. The van der Waals surface area contributed by atoms with E-state index in [1.54, 1.807) is 0 Å². The Kier molecular flexibility index (Phi) is 31.5. The van der Waals surface area contributed by atoms with Crippen LogP contribution < -0.4 is 0 Å². The molecule has 0 unspecified atom stereocenters. The molecule has 0 aliphatic carbocycles. The molecule has 0 fully saturated rings. The molecule has 34 heavy (non-hydrogen) atoms. The topological polar surface area (TPSA) is 74.6 Å². The lowest BCUT2D eigenvalue weighted by Gasteiger charge is -2.00. The number of carboxylic acid groups (broad SMARTS) is 2. The summed E-state index contributed by atoms with van der Waals surface area (Å²) in [6.45, 7) is 4.46. The molecule has 2 N–H and O–H groups in total. The molecular formula is C30H54O4. The molecule has 0 radical (unpaired) electrons. The Morgan fingerprint density at radius 1 is 0.471 bits per heavy atom. The van der Waals surface area contributed by atoms with Crippen molar-refractivity contribution in [2.75, 3.05) is 0 Å². The first-order valence-electron chi connectivity index (χ1n) is 13.9. The van der Waals surface area contributed by atoms with Crippen molar-refractivity contribution in [3.63, 3.8) is 0 Å². The van der Waals surface area contributed by atoms with Crippen molar-refractivity contribution in [1.29, 1.82) is 0 Å². The van der Waals surface area contributed by atoms with Gasteiger partial charge in [-0.2, -0.15) is 0 Å². The zero-order valence-corrected chi connectivity index (χ0v) is 22.3. The third kappa shape index (κ3) is 37.5. The smallest absolute Gasteiger partial charge is 0.303 e. The van der Waals surface area contributed by atoms with Crippen LogP contribution in [0, 0.1) is 0 Å². The average molecular weight is 479 g/mol. The van der Waals surface area contributed by atoms with E-state index in [0.29, 0.717) is 12.8 Å². The Morgan fingerprint density at radius 2 is 0.794 bits per heavy atom. The monoisotopic (exact) mass is 478 g/mol. The van der Waals surface area contributed by atoms with E-state index in [9.17, 15) is 9.59 Å². The molecule has 0 saturated heterocycles. The predicted octanol–water partition coefficient (Wildman–Crippen LogP) is 9.65. The molecule has 0 heterocycles. The highest BCUT2D eigenvalue weighted by Crippen LogP contribution is 2.10. The highest BCUT2D eigenvalue weighted by molar-refractivity contribution is 5.66. The fourth-order valence-electron chi connectivity index (χ4n) is 3.42. The Hall–Kier alpha value is -1.84. The summed E-state index contributed by atoms with van der Waals surface area (Å²) in [6.07, 6.45) is 34.8. The molecule has 198 valence electrons. The van der Waals surface area contributed by atoms with Crippen LogP contribution in [0.15, 0.2) is 36.5 Å². The van der Waals surface area contributed by atoms with Crippen LogP contribution >= 0.6 is 0 Å². The van der Waals surface area contributed by atoms with Gasteiger partial charge >= 0.3 is 11.9 Å². The largest absolute Gasteiger partial charge is 0.481 e. The molecule has 0 aromatic heterocycles. The summed E-state index contributed by atoms with van der Waals surface area (Å²) in [5.41, 5.74) is 0. The van der Waals surface area contributed by atoms with Crippen molar-refractivity contribution in [1.82, 2.24) is 0 Å². The summed E-state index contributed by atoms with van der Waals surface area (Å²) in [7, 11) is 0. The summed E-state index contributed by atoms with van der Waals surface area (Å²) >= 11 is 0. The fraction of sp³-hybridized carbons (Fsp3) is 0.733. The average Bonchev–Trinajstić information content (AvgIpc) is 2.80. The first-order chi connectivity index (χ1) is 16.5. The molecule has 4 heteroatoms. The molecule has 0 aliphatic rings. The standard InChI is InChI=1S/C18H30O2.C12H24O2/c1-2-3-4-5-6-7-8-9-10-11-12-13-14-15-16-17-18(19)20;1-2-3-4-5-6-7-8-9-10-11-12(13)14/h6-7,9-10,12-13H,2-5,8,11,14-17H2,1H3,(H,19,20);2-11H2,1H3,(H,13,14). The van der Waals surface area contributed by atoms with Crippen molar-refractivity contribution in [2.24, 2.45) is 0 Å². The Morgan fingerprint density at radius 3 is 1.24 bits per heavy atom. The minimum Gasteiger partial charge on any atom is -0.481 e. The van der Waals surface area contributed by atoms with E-state index in [2.05, 4.69) is 50.3 Å². The molecule has 0 amide bonds. The summed E-state index contributed by atoms with van der Waals surface area (Å²) in [6, 6.07) is 0. The first kappa shape index (κ1) is 34.3. The molecule has 0 aromatic rings. The highest BCUT2D eigenvalue weighted by Gasteiger charge is 1.96. The Bertz CT molecular complexity index is 520. The molecule has 0 aliphatic heterocycles. The second-order valence-electron chi connectivity index (χ2n) is 8.99. The van der Waals surface area contributed by atoms with Crippen molar-refractivity contribution >= 4 is 11.9 Å². The van der Waals surface area contributed by atoms with Crippen LogP contribution in [0.1, 0.15) is 142 Å². The molecule has 0 spiro atoms. The minimum atomic E-state index is -0.695. The summed E-state index contributed by atoms with van der Waals surface area (Å²) in [4.78, 5) is 20.5. The van der Waals surface area contributed by atoms with Gasteiger partial charge in [0.05, 0.1) is 0 Å². The third-order valence-corrected chi connectivity index (χ3v) is 5.52. The minimum absolute atomic E-state index is 0.290. The zero-order chi connectivity index (χ0) is 25.5. The first-order valence-corrected chi connectivity index (χ1v) is 13.9. The molecular weight excluding hydrogens is 424 g/mol. The lowest BCUT2D eigenvalue weighted by Crippen LogP contribution is -1.93. The van der Waals surface area contributed by atoms with Crippen molar-refractivity contribution < 1.29 is 19.8 Å². The second kappa shape index (κ2) is 31.2. The van der Waals surface area contributed by atoms with E-state index in [1.807, 2.05) is 0 Å². The van der Waals surface area contributed by atoms with Crippen LogP contribution in [0.25, 0.3) is 0 Å². The number of carbonyl (C=O) groups is 2. The Balaban J connectivity index is 0. The molecule has 0 aromatic carbocycles. The number of hydrogen-bond donors (Lipinski definition) is 2. The Labute approximate surface area is 210 Å². The van der Waals surface area contributed by atoms with Gasteiger partial charge in [0.1, 0.15) is 0 Å². The van der Waals surface area contributed by atoms with E-state index < -0.39 is 11.9 Å². The van der Waals surface area contributed by atoms with Gasteiger partial charge < -0.3 is 10.2 Å². The quantitative estimate of drug-likeness (QED) is 0.113. The second-order valence-corrected chi connectivity index (χ2v) is 8.99. The number of hydrogen-bond acceptors (Lipinski definition) is 2. The van der Waals surface area contributed by atoms with Crippen molar-refractivity contribution in [2.45, 2.75) is 142 Å². The third-order valence-electron chi connectivity index (χ3n) is 5.52. The van der Waals surface area contributed by atoms with Gasteiger partial charge in [0.25, 0.3) is 0 Å². The van der Waals surface area contributed by atoms with Crippen molar-refractivity contribution in [3.8, 4) is 0 Å². The van der Waals surface area contributed by atoms with Gasteiger partial charge in [-0.3, -0.25) is 9.59 Å². The van der Waals surface area contributed by atoms with Gasteiger partial charge in [-0.25, -0.2) is 0 Å². The van der Waals surface area contributed by atoms with Crippen LogP contribution in [0.2, 0.25) is 0 Å². The molecule has 0 saturated carbocycles. The number of carboxylic acids is 2. The molecule has 0 rings (SSSR count). The molecule has 0 bridgehead atoms. The maximum Gasteiger partial charge on any atom is 0.303 e. The number of unbranched alkanes of at least 4 members (excludes halogenated alkanes) is 13. The summed E-state index contributed by atoms with van der Waals surface area (Å²) in [5, 5.41) is 16.9. The van der Waals surface area contributed by atoms with Crippen molar-refractivity contribution in [3.05, 3.63) is 36.5 Å². The van der Waals surface area contributed by atoms with Gasteiger partial charge in [-0.15, -0.1) is 0 Å². The maximum atomic E-state index is 10.3. The molecule has 0 atom stereocenters. The van der Waals surface area contributed by atoms with E-state index in [1.165, 1.54) is 70.6 Å². The normalized spacial score (nSPS) is 11.4. The zero-order valence-electron chi connectivity index (χ0n) is 22.3. The van der Waals surface area contributed by atoms with Gasteiger partial charge in [0, 0.05) is 12.8 Å². The van der Waals surface area contributed by atoms with Crippen LogP contribution in [-0.4, -0.2) is 22.2 Å². The lowest BCUT2D eigenvalue weighted by molar-refractivity contribution is -0.138. The van der Waals surface area contributed by atoms with Crippen LogP contribution in [0.3, 0.4) is 0 Å². The summed E-state index contributed by atoms with van der Waals surface area (Å²) in [5.74, 6) is -1.35. The van der Waals surface area contributed by atoms with Gasteiger partial charge in [0.2, 0.25) is 0 Å². The van der Waals surface area contributed by atoms with Gasteiger partial charge in [0.15, 0.2) is 0 Å². The molecule has 4 nitrogen and oxygen atoms in total. The predicted molar refractivity (Wildman–Crippen MR) is 146 cm³/mol. The van der Waals surface area contributed by atoms with Gasteiger partial charge in [-0.1, -0.05) is 115 Å². The highest BCUT2D eigenvalue weighted by atomic mass is 16.4. The van der Waals surface area contributed by atoms with E-state index in [0.717, 1.165) is 44.9 Å². The van der Waals surface area contributed by atoms with E-state index >= 15 is 0 Å².